The van der Waals surface area contributed by atoms with Crippen molar-refractivity contribution in [3.8, 4) is 0 Å². The van der Waals surface area contributed by atoms with Gasteiger partial charge in [-0.25, -0.2) is 0 Å². The molecule has 1 aromatic rings. The van der Waals surface area contributed by atoms with Crippen LogP contribution < -0.4 is 0 Å². The Balaban J connectivity index is 2.63. The lowest BCUT2D eigenvalue weighted by atomic mass is 9.89. The number of carbonyl (C=O) groups excluding carboxylic acids is 2. The Labute approximate surface area is 121 Å². The molecule has 3 nitrogen and oxygen atoms in total. The van der Waals surface area contributed by atoms with Gasteiger partial charge in [-0.15, -0.1) is 0 Å². The maximum absolute atomic E-state index is 12.0. The van der Waals surface area contributed by atoms with E-state index in [2.05, 4.69) is 6.92 Å². The SMILES string of the molecule is CCCCCC(=O)C[C@H](CC(=O)OC)c1ccccc1. The minimum absolute atomic E-state index is 0.0715. The summed E-state index contributed by atoms with van der Waals surface area (Å²) in [5.41, 5.74) is 1.03. The van der Waals surface area contributed by atoms with Gasteiger partial charge in [0.15, 0.2) is 0 Å². The fourth-order valence-corrected chi connectivity index (χ4v) is 2.27. The van der Waals surface area contributed by atoms with Crippen molar-refractivity contribution >= 4 is 11.8 Å². The molecule has 1 rings (SSSR count). The number of ether oxygens (including phenoxy) is 1. The molecular weight excluding hydrogens is 252 g/mol. The van der Waals surface area contributed by atoms with Crippen molar-refractivity contribution in [1.29, 1.82) is 0 Å². The minimum Gasteiger partial charge on any atom is -0.469 e. The maximum Gasteiger partial charge on any atom is 0.306 e. The largest absolute Gasteiger partial charge is 0.469 e. The summed E-state index contributed by atoms with van der Waals surface area (Å²) in [4.78, 5) is 23.5. The van der Waals surface area contributed by atoms with E-state index < -0.39 is 0 Å². The van der Waals surface area contributed by atoms with Gasteiger partial charge in [0.05, 0.1) is 13.5 Å². The van der Waals surface area contributed by atoms with Gasteiger partial charge in [-0.2, -0.15) is 0 Å². The molecule has 0 saturated carbocycles. The first-order chi connectivity index (χ1) is 9.67. The molecule has 0 aliphatic carbocycles. The van der Waals surface area contributed by atoms with Crippen molar-refractivity contribution in [3.63, 3.8) is 0 Å². The summed E-state index contributed by atoms with van der Waals surface area (Å²) in [5, 5.41) is 0. The van der Waals surface area contributed by atoms with Crippen LogP contribution in [-0.4, -0.2) is 18.9 Å². The van der Waals surface area contributed by atoms with Crippen molar-refractivity contribution < 1.29 is 14.3 Å². The van der Waals surface area contributed by atoms with Crippen LogP contribution in [0.25, 0.3) is 0 Å². The van der Waals surface area contributed by atoms with Crippen molar-refractivity contribution in [2.75, 3.05) is 7.11 Å². The summed E-state index contributed by atoms with van der Waals surface area (Å²) in [6.45, 7) is 2.12. The first kappa shape index (κ1) is 16.4. The van der Waals surface area contributed by atoms with E-state index in [0.29, 0.717) is 12.8 Å². The minimum atomic E-state index is -0.264. The Hall–Kier alpha value is -1.64. The van der Waals surface area contributed by atoms with Crippen LogP contribution in [-0.2, 0) is 14.3 Å². The quantitative estimate of drug-likeness (QED) is 0.508. The molecule has 0 aliphatic heterocycles. The van der Waals surface area contributed by atoms with E-state index in [0.717, 1.165) is 24.8 Å². The number of rotatable bonds is 9. The molecule has 1 aromatic carbocycles. The van der Waals surface area contributed by atoms with Crippen LogP contribution >= 0.6 is 0 Å². The van der Waals surface area contributed by atoms with Gasteiger partial charge in [0.1, 0.15) is 5.78 Å². The highest BCUT2D eigenvalue weighted by molar-refractivity contribution is 5.80. The highest BCUT2D eigenvalue weighted by Crippen LogP contribution is 2.25. The highest BCUT2D eigenvalue weighted by atomic mass is 16.5. The molecule has 110 valence electrons. The number of hydrogen-bond donors (Lipinski definition) is 0. The van der Waals surface area contributed by atoms with E-state index in [1.807, 2.05) is 30.3 Å². The van der Waals surface area contributed by atoms with E-state index in [1.165, 1.54) is 7.11 Å². The van der Waals surface area contributed by atoms with Gasteiger partial charge >= 0.3 is 5.97 Å². The number of ketones is 1. The number of benzene rings is 1. The van der Waals surface area contributed by atoms with E-state index in [9.17, 15) is 9.59 Å². The van der Waals surface area contributed by atoms with Crippen LogP contribution in [0.3, 0.4) is 0 Å². The van der Waals surface area contributed by atoms with Gasteiger partial charge in [-0.05, 0) is 12.0 Å². The Morgan fingerprint density at radius 2 is 1.80 bits per heavy atom. The molecule has 0 amide bonds. The van der Waals surface area contributed by atoms with E-state index in [-0.39, 0.29) is 24.1 Å². The monoisotopic (exact) mass is 276 g/mol. The third kappa shape index (κ3) is 6.00. The van der Waals surface area contributed by atoms with E-state index in [1.54, 1.807) is 0 Å². The lowest BCUT2D eigenvalue weighted by molar-refractivity contribution is -0.141. The first-order valence-corrected chi connectivity index (χ1v) is 7.30. The standard InChI is InChI=1S/C17H24O3/c1-3-4-6-11-16(18)12-15(13-17(19)20-2)14-9-7-5-8-10-14/h5,7-10,15H,3-4,6,11-13H2,1-2H3/t15-/m1/s1. The van der Waals surface area contributed by atoms with Gasteiger partial charge in [0.25, 0.3) is 0 Å². The Kier molecular flexibility index (Phi) is 7.63. The van der Waals surface area contributed by atoms with Crippen LogP contribution in [0.4, 0.5) is 0 Å². The molecule has 0 aromatic heterocycles. The summed E-state index contributed by atoms with van der Waals surface area (Å²) in [6.07, 6.45) is 4.42. The van der Waals surface area contributed by atoms with Crippen LogP contribution in [0.15, 0.2) is 30.3 Å². The fourth-order valence-electron chi connectivity index (χ4n) is 2.27. The Morgan fingerprint density at radius 1 is 1.10 bits per heavy atom. The van der Waals surface area contributed by atoms with Crippen LogP contribution in [0.5, 0.6) is 0 Å². The summed E-state index contributed by atoms with van der Waals surface area (Å²) in [6, 6.07) is 9.73. The third-order valence-corrected chi connectivity index (χ3v) is 3.44. The summed E-state index contributed by atoms with van der Waals surface area (Å²) < 4.78 is 4.73. The summed E-state index contributed by atoms with van der Waals surface area (Å²) in [5.74, 6) is -0.103. The number of carbonyl (C=O) groups is 2. The third-order valence-electron chi connectivity index (χ3n) is 3.44. The number of Topliss-reactive ketones (excluding diaryl/α,β-unsaturated/α-hetero) is 1. The van der Waals surface area contributed by atoms with Crippen LogP contribution in [0.2, 0.25) is 0 Å². The predicted molar refractivity (Wildman–Crippen MR) is 79.6 cm³/mol. The molecule has 0 fully saturated rings. The molecule has 0 spiro atoms. The van der Waals surface area contributed by atoms with Gasteiger partial charge in [-0.3, -0.25) is 9.59 Å². The zero-order chi connectivity index (χ0) is 14.8. The molecule has 0 saturated heterocycles. The van der Waals surface area contributed by atoms with Gasteiger partial charge in [0, 0.05) is 18.8 Å². The average Bonchev–Trinajstić information content (AvgIpc) is 2.47. The van der Waals surface area contributed by atoms with Crippen molar-refractivity contribution in [1.82, 2.24) is 0 Å². The second-order valence-electron chi connectivity index (χ2n) is 5.09. The van der Waals surface area contributed by atoms with Crippen molar-refractivity contribution in [2.24, 2.45) is 0 Å². The van der Waals surface area contributed by atoms with Crippen LogP contribution in [0, 0.1) is 0 Å². The zero-order valence-corrected chi connectivity index (χ0v) is 12.4. The number of hydrogen-bond acceptors (Lipinski definition) is 3. The lowest BCUT2D eigenvalue weighted by Gasteiger charge is -2.15. The molecule has 3 heteroatoms. The molecule has 0 N–H and O–H groups in total. The molecule has 20 heavy (non-hydrogen) atoms. The zero-order valence-electron chi connectivity index (χ0n) is 12.4. The molecule has 0 aliphatic rings. The Morgan fingerprint density at radius 3 is 2.40 bits per heavy atom. The highest BCUT2D eigenvalue weighted by Gasteiger charge is 2.19. The first-order valence-electron chi connectivity index (χ1n) is 7.30. The van der Waals surface area contributed by atoms with E-state index >= 15 is 0 Å². The average molecular weight is 276 g/mol. The maximum atomic E-state index is 12.0. The number of unbranched alkanes of at least 4 members (excludes halogenated alkanes) is 2. The van der Waals surface area contributed by atoms with Crippen molar-refractivity contribution in [2.45, 2.75) is 51.4 Å². The molecule has 0 unspecified atom stereocenters. The van der Waals surface area contributed by atoms with Crippen LogP contribution in [0.1, 0.15) is 56.9 Å². The molecule has 0 bridgehead atoms. The predicted octanol–water partition coefficient (Wildman–Crippen LogP) is 3.87. The molecular formula is C17H24O3. The van der Waals surface area contributed by atoms with E-state index in [4.69, 9.17) is 4.74 Å². The lowest BCUT2D eigenvalue weighted by Crippen LogP contribution is -2.13. The molecule has 0 radical (unpaired) electrons. The smallest absolute Gasteiger partial charge is 0.306 e. The van der Waals surface area contributed by atoms with Crippen molar-refractivity contribution in [3.05, 3.63) is 35.9 Å². The van der Waals surface area contributed by atoms with Gasteiger partial charge in [-0.1, -0.05) is 50.1 Å². The topological polar surface area (TPSA) is 43.4 Å². The second kappa shape index (κ2) is 9.29. The molecule has 1 atom stereocenters. The second-order valence-corrected chi connectivity index (χ2v) is 5.09. The molecule has 0 heterocycles. The summed E-state index contributed by atoms with van der Waals surface area (Å²) >= 11 is 0. The Bertz CT molecular complexity index is 412. The van der Waals surface area contributed by atoms with Gasteiger partial charge in [0.2, 0.25) is 0 Å². The number of methoxy groups -OCH3 is 1. The summed E-state index contributed by atoms with van der Waals surface area (Å²) in [7, 11) is 1.38. The normalized spacial score (nSPS) is 11.9. The fraction of sp³-hybridized carbons (Fsp3) is 0.529. The van der Waals surface area contributed by atoms with Gasteiger partial charge < -0.3 is 4.74 Å². The number of esters is 1.